The number of benzene rings is 2. The van der Waals surface area contributed by atoms with Gasteiger partial charge in [-0.05, 0) is 72.1 Å². The summed E-state index contributed by atoms with van der Waals surface area (Å²) in [6.07, 6.45) is 3.30. The Balaban J connectivity index is 1.28. The predicted molar refractivity (Wildman–Crippen MR) is 124 cm³/mol. The molecule has 3 aromatic rings. The summed E-state index contributed by atoms with van der Waals surface area (Å²) in [6.45, 7) is 0.976. The van der Waals surface area contributed by atoms with Gasteiger partial charge in [0.15, 0.2) is 11.5 Å². The summed E-state index contributed by atoms with van der Waals surface area (Å²) in [6, 6.07) is 12.8. The maximum absolute atomic E-state index is 6.19. The average Bonchev–Trinajstić information content (AvgIpc) is 3.17. The van der Waals surface area contributed by atoms with Crippen LogP contribution < -0.4 is 14.4 Å². The van der Waals surface area contributed by atoms with Crippen molar-refractivity contribution >= 4 is 17.5 Å². The third kappa shape index (κ3) is 2.92. The van der Waals surface area contributed by atoms with Crippen molar-refractivity contribution in [3.8, 4) is 11.5 Å². The van der Waals surface area contributed by atoms with Gasteiger partial charge in [-0.2, -0.15) is 0 Å². The summed E-state index contributed by atoms with van der Waals surface area (Å²) in [4.78, 5) is 2.39. The van der Waals surface area contributed by atoms with Crippen LogP contribution in [0.1, 0.15) is 53.2 Å². The highest BCUT2D eigenvalue weighted by atomic mass is 35.5. The van der Waals surface area contributed by atoms with Crippen LogP contribution in [0.4, 0.5) is 5.95 Å². The predicted octanol–water partition coefficient (Wildman–Crippen LogP) is 4.88. The molecular formula is C25H27ClN4O2. The third-order valence-corrected chi connectivity index (χ3v) is 7.81. The van der Waals surface area contributed by atoms with Crippen molar-refractivity contribution in [2.24, 2.45) is 13.0 Å². The van der Waals surface area contributed by atoms with Crippen molar-refractivity contribution in [2.75, 3.05) is 25.7 Å². The molecule has 1 aliphatic heterocycles. The topological polar surface area (TPSA) is 52.4 Å². The second-order valence-electron chi connectivity index (χ2n) is 9.15. The van der Waals surface area contributed by atoms with Crippen LogP contribution in [0, 0.1) is 5.92 Å². The van der Waals surface area contributed by atoms with Crippen LogP contribution in [-0.4, -0.2) is 35.5 Å². The van der Waals surface area contributed by atoms with Crippen LogP contribution in [0.15, 0.2) is 36.4 Å². The van der Waals surface area contributed by atoms with Crippen LogP contribution in [0.3, 0.4) is 0 Å². The fraction of sp³-hybridized carbons (Fsp3) is 0.440. The first kappa shape index (κ1) is 19.9. The summed E-state index contributed by atoms with van der Waals surface area (Å²) < 4.78 is 13.2. The van der Waals surface area contributed by atoms with E-state index in [1.165, 1.54) is 16.7 Å². The van der Waals surface area contributed by atoms with Crippen LogP contribution in [0.5, 0.6) is 11.5 Å². The Kier molecular flexibility index (Phi) is 4.61. The van der Waals surface area contributed by atoms with Crippen molar-refractivity contribution < 1.29 is 9.47 Å². The van der Waals surface area contributed by atoms with E-state index < -0.39 is 0 Å². The number of nitrogens with zero attached hydrogens (tertiary/aromatic N) is 4. The summed E-state index contributed by atoms with van der Waals surface area (Å²) in [5.41, 5.74) is 4.07. The number of aromatic nitrogens is 3. The van der Waals surface area contributed by atoms with Crippen molar-refractivity contribution in [3.63, 3.8) is 0 Å². The van der Waals surface area contributed by atoms with Gasteiger partial charge >= 0.3 is 0 Å². The molecule has 2 heterocycles. The lowest BCUT2D eigenvalue weighted by atomic mass is 10.0. The van der Waals surface area contributed by atoms with Gasteiger partial charge in [0.05, 0.1) is 20.3 Å². The molecule has 0 amide bonds. The minimum absolute atomic E-state index is 0.257. The van der Waals surface area contributed by atoms with Crippen LogP contribution >= 0.6 is 11.6 Å². The highest BCUT2D eigenvalue weighted by Gasteiger charge is 2.58. The largest absolute Gasteiger partial charge is 0.493 e. The van der Waals surface area contributed by atoms with Crippen LogP contribution in [0.25, 0.3) is 0 Å². The lowest BCUT2D eigenvalue weighted by Gasteiger charge is -2.26. The van der Waals surface area contributed by atoms with E-state index in [1.807, 2.05) is 12.1 Å². The second-order valence-corrected chi connectivity index (χ2v) is 9.58. The Labute approximate surface area is 193 Å². The molecule has 7 heteroatoms. The Morgan fingerprint density at radius 2 is 1.84 bits per heavy atom. The number of halogens is 1. The summed E-state index contributed by atoms with van der Waals surface area (Å²) in [7, 11) is 5.47. The fourth-order valence-electron chi connectivity index (χ4n) is 6.02. The van der Waals surface area contributed by atoms with Crippen molar-refractivity contribution in [1.82, 2.24) is 14.8 Å². The Morgan fingerprint density at radius 3 is 2.66 bits per heavy atom. The highest BCUT2D eigenvalue weighted by molar-refractivity contribution is 6.30. The molecule has 0 bridgehead atoms. The second kappa shape index (κ2) is 7.41. The maximum Gasteiger partial charge on any atom is 0.227 e. The van der Waals surface area contributed by atoms with Gasteiger partial charge in [-0.1, -0.05) is 23.7 Å². The van der Waals surface area contributed by atoms with E-state index in [0.717, 1.165) is 54.1 Å². The van der Waals surface area contributed by atoms with Gasteiger partial charge in [0.25, 0.3) is 0 Å². The molecule has 4 unspecified atom stereocenters. The quantitative estimate of drug-likeness (QED) is 0.554. The molecule has 1 aromatic heterocycles. The molecule has 3 aliphatic rings. The number of rotatable bonds is 5. The first-order chi connectivity index (χ1) is 15.6. The zero-order valence-corrected chi connectivity index (χ0v) is 19.3. The number of hydrogen-bond acceptors (Lipinski definition) is 5. The van der Waals surface area contributed by atoms with E-state index in [1.54, 1.807) is 14.2 Å². The zero-order chi connectivity index (χ0) is 22.0. The van der Waals surface area contributed by atoms with Crippen LogP contribution in [0.2, 0.25) is 5.02 Å². The SMILES string of the molecule is COc1ccc(C2CCCN2c2nnc(C3C4Cc5cc(Cl)ccc5C43)n2C)cc1OC. The molecule has 32 heavy (non-hydrogen) atoms. The Morgan fingerprint density at radius 1 is 1.00 bits per heavy atom. The van der Waals surface area contributed by atoms with E-state index in [-0.39, 0.29) is 6.04 Å². The van der Waals surface area contributed by atoms with Crippen molar-refractivity contribution in [3.05, 3.63) is 63.9 Å². The van der Waals surface area contributed by atoms with Gasteiger partial charge < -0.3 is 18.9 Å². The standard InChI is InChI=1S/C25H27ClN4O2/c1-29-24(23-18-12-15-11-16(26)7-8-17(15)22(18)23)27-28-25(29)30-10-4-5-19(30)14-6-9-20(31-2)21(13-14)32-3/h6-9,11,13,18-19,22-23H,4-5,10,12H2,1-3H3. The monoisotopic (exact) mass is 450 g/mol. The number of hydrogen-bond donors (Lipinski definition) is 0. The fourth-order valence-corrected chi connectivity index (χ4v) is 6.21. The molecule has 2 aliphatic carbocycles. The molecule has 0 radical (unpaired) electrons. The van der Waals surface area contributed by atoms with Gasteiger partial charge in [-0.3, -0.25) is 0 Å². The number of ether oxygens (including phenoxy) is 2. The third-order valence-electron chi connectivity index (χ3n) is 7.57. The van der Waals surface area contributed by atoms with E-state index >= 15 is 0 Å². The molecule has 4 atom stereocenters. The Hall–Kier alpha value is -2.73. The van der Waals surface area contributed by atoms with Crippen LogP contribution in [-0.2, 0) is 13.5 Å². The smallest absolute Gasteiger partial charge is 0.227 e. The number of anilines is 1. The molecule has 6 rings (SSSR count). The molecule has 2 aromatic carbocycles. The first-order valence-corrected chi connectivity index (χ1v) is 11.6. The summed E-state index contributed by atoms with van der Waals surface area (Å²) in [5, 5.41) is 10.2. The van der Waals surface area contributed by atoms with E-state index in [9.17, 15) is 0 Å². The van der Waals surface area contributed by atoms with Gasteiger partial charge in [-0.25, -0.2) is 0 Å². The minimum Gasteiger partial charge on any atom is -0.493 e. The average molecular weight is 451 g/mol. The van der Waals surface area contributed by atoms with Gasteiger partial charge in [0.2, 0.25) is 5.95 Å². The Bertz CT molecular complexity index is 1190. The normalized spacial score (nSPS) is 25.6. The molecule has 6 nitrogen and oxygen atoms in total. The lowest BCUT2D eigenvalue weighted by molar-refractivity contribution is 0.354. The molecule has 0 N–H and O–H groups in total. The lowest BCUT2D eigenvalue weighted by Crippen LogP contribution is -2.25. The van der Waals surface area contributed by atoms with E-state index in [0.29, 0.717) is 17.8 Å². The van der Waals surface area contributed by atoms with Crippen molar-refractivity contribution in [1.29, 1.82) is 0 Å². The number of fused-ring (bicyclic) bond motifs is 3. The van der Waals surface area contributed by atoms with Gasteiger partial charge in [0.1, 0.15) is 5.82 Å². The molecule has 1 saturated carbocycles. The molecular weight excluding hydrogens is 424 g/mol. The first-order valence-electron chi connectivity index (χ1n) is 11.3. The summed E-state index contributed by atoms with van der Waals surface area (Å²) >= 11 is 6.19. The van der Waals surface area contributed by atoms with Crippen molar-refractivity contribution in [2.45, 2.75) is 37.1 Å². The van der Waals surface area contributed by atoms with Gasteiger partial charge in [-0.15, -0.1) is 10.2 Å². The van der Waals surface area contributed by atoms with Gasteiger partial charge in [0, 0.05) is 24.5 Å². The summed E-state index contributed by atoms with van der Waals surface area (Å²) in [5.74, 6) is 5.21. The molecule has 0 spiro atoms. The highest BCUT2D eigenvalue weighted by Crippen LogP contribution is 2.66. The number of methoxy groups -OCH3 is 2. The van der Waals surface area contributed by atoms with E-state index in [2.05, 4.69) is 51.0 Å². The maximum atomic E-state index is 6.19. The minimum atomic E-state index is 0.257. The molecule has 1 saturated heterocycles. The molecule has 166 valence electrons. The van der Waals surface area contributed by atoms with E-state index in [4.69, 9.17) is 21.1 Å². The zero-order valence-electron chi connectivity index (χ0n) is 18.6. The molecule has 2 fully saturated rings.